The highest BCUT2D eigenvalue weighted by Gasteiger charge is 2.23. The number of hydrogen-bond acceptors (Lipinski definition) is 3. The first-order valence-electron chi connectivity index (χ1n) is 13.8. The normalized spacial score (nSPS) is 11.9. The van der Waals surface area contributed by atoms with Gasteiger partial charge >= 0.3 is 5.97 Å². The number of unbranched alkanes of at least 4 members (excludes halogenated alkanes) is 9. The molecule has 0 aromatic heterocycles. The largest absolute Gasteiger partial charge is 0.490 e. The van der Waals surface area contributed by atoms with Crippen molar-refractivity contribution in [1.29, 1.82) is 0 Å². The predicted molar refractivity (Wildman–Crippen MR) is 144 cm³/mol. The molecule has 0 saturated carbocycles. The van der Waals surface area contributed by atoms with E-state index in [2.05, 4.69) is 13.8 Å². The van der Waals surface area contributed by atoms with E-state index in [1.807, 2.05) is 0 Å². The summed E-state index contributed by atoms with van der Waals surface area (Å²) in [5.41, 5.74) is -0.531. The standard InChI is InChI=1S/C31H42F2O4/c1-4-6-8-10-12-14-20-37-27-19-18-25(31(35)36)28(29(27)33)23-16-17-24(26(32)21-23)30(34)22(3)15-13-11-9-7-5-2/h16-19,21-22H,4-15,20H2,1-3H3,(H,35,36). The zero-order valence-electron chi connectivity index (χ0n) is 22.6. The van der Waals surface area contributed by atoms with Gasteiger partial charge in [0.05, 0.1) is 17.7 Å². The minimum Gasteiger partial charge on any atom is -0.490 e. The Morgan fingerprint density at radius 1 is 0.838 bits per heavy atom. The zero-order chi connectivity index (χ0) is 27.2. The molecular formula is C31H42F2O4. The van der Waals surface area contributed by atoms with Crippen LogP contribution in [-0.2, 0) is 0 Å². The second-order valence-electron chi connectivity index (χ2n) is 9.88. The van der Waals surface area contributed by atoms with Gasteiger partial charge in [-0.3, -0.25) is 4.79 Å². The number of carboxylic acid groups (broad SMARTS) is 1. The molecule has 0 radical (unpaired) electrons. The first kappa shape index (κ1) is 30.5. The van der Waals surface area contributed by atoms with Crippen LogP contribution < -0.4 is 4.74 Å². The van der Waals surface area contributed by atoms with Gasteiger partial charge in [-0.2, -0.15) is 0 Å². The molecule has 2 aromatic carbocycles. The topological polar surface area (TPSA) is 63.6 Å². The van der Waals surface area contributed by atoms with Crippen molar-refractivity contribution in [3.63, 3.8) is 0 Å². The highest BCUT2D eigenvalue weighted by Crippen LogP contribution is 2.34. The van der Waals surface area contributed by atoms with Crippen LogP contribution in [0.5, 0.6) is 5.75 Å². The van der Waals surface area contributed by atoms with E-state index >= 15 is 8.78 Å². The number of carbonyl (C=O) groups excluding carboxylic acids is 1. The number of ketones is 1. The van der Waals surface area contributed by atoms with Gasteiger partial charge in [-0.05, 0) is 42.7 Å². The Labute approximate surface area is 220 Å². The highest BCUT2D eigenvalue weighted by atomic mass is 19.1. The minimum absolute atomic E-state index is 0.0567. The molecule has 0 aliphatic carbocycles. The highest BCUT2D eigenvalue weighted by molar-refractivity contribution is 5.99. The number of carbonyl (C=O) groups is 2. The monoisotopic (exact) mass is 516 g/mol. The summed E-state index contributed by atoms with van der Waals surface area (Å²) in [6, 6.07) is 6.36. The van der Waals surface area contributed by atoms with E-state index in [-0.39, 0.29) is 39.7 Å². The fourth-order valence-electron chi connectivity index (χ4n) is 4.51. The van der Waals surface area contributed by atoms with Crippen molar-refractivity contribution in [2.45, 2.75) is 97.8 Å². The third kappa shape index (κ3) is 9.24. The maximum absolute atomic E-state index is 15.4. The number of carboxylic acids is 1. The van der Waals surface area contributed by atoms with E-state index in [4.69, 9.17) is 4.74 Å². The van der Waals surface area contributed by atoms with Crippen LogP contribution in [0.4, 0.5) is 8.78 Å². The van der Waals surface area contributed by atoms with Gasteiger partial charge in [0.2, 0.25) is 0 Å². The fraction of sp³-hybridized carbons (Fsp3) is 0.548. The van der Waals surface area contributed by atoms with Crippen LogP contribution in [0, 0.1) is 17.6 Å². The maximum atomic E-state index is 15.4. The lowest BCUT2D eigenvalue weighted by Gasteiger charge is -2.15. The van der Waals surface area contributed by atoms with E-state index in [0.29, 0.717) is 13.0 Å². The Balaban J connectivity index is 2.16. The van der Waals surface area contributed by atoms with Crippen molar-refractivity contribution in [3.05, 3.63) is 53.1 Å². The smallest absolute Gasteiger partial charge is 0.336 e. The molecule has 1 atom stereocenters. The van der Waals surface area contributed by atoms with Crippen LogP contribution in [0.15, 0.2) is 30.3 Å². The number of Topliss-reactive ketones (excluding diaryl/α,β-unsaturated/α-hetero) is 1. The van der Waals surface area contributed by atoms with Gasteiger partial charge in [-0.1, -0.05) is 91.0 Å². The number of ether oxygens (including phenoxy) is 1. The van der Waals surface area contributed by atoms with Crippen molar-refractivity contribution in [2.24, 2.45) is 5.92 Å². The molecule has 6 heteroatoms. The summed E-state index contributed by atoms with van der Waals surface area (Å²) in [5, 5.41) is 9.63. The Bertz CT molecular complexity index is 1020. The molecule has 0 aliphatic rings. The van der Waals surface area contributed by atoms with E-state index in [1.165, 1.54) is 37.1 Å². The number of benzene rings is 2. The molecule has 0 bridgehead atoms. The van der Waals surface area contributed by atoms with Crippen molar-refractivity contribution in [3.8, 4) is 16.9 Å². The minimum atomic E-state index is -1.33. The SMILES string of the molecule is CCCCCCCCOc1ccc(C(=O)O)c(-c2ccc(C(=O)C(C)CCCCCCC)c(F)c2)c1F. The molecule has 204 valence electrons. The van der Waals surface area contributed by atoms with Crippen molar-refractivity contribution in [2.75, 3.05) is 6.61 Å². The average molecular weight is 517 g/mol. The Morgan fingerprint density at radius 2 is 1.43 bits per heavy atom. The van der Waals surface area contributed by atoms with Crippen molar-refractivity contribution in [1.82, 2.24) is 0 Å². The molecule has 1 N–H and O–H groups in total. The summed E-state index contributed by atoms with van der Waals surface area (Å²) in [6.07, 6.45) is 12.4. The van der Waals surface area contributed by atoms with Gasteiger partial charge in [-0.25, -0.2) is 13.6 Å². The Morgan fingerprint density at radius 3 is 2.05 bits per heavy atom. The van der Waals surface area contributed by atoms with Crippen LogP contribution in [-0.4, -0.2) is 23.5 Å². The molecule has 1 unspecified atom stereocenters. The van der Waals surface area contributed by atoms with Gasteiger partial charge in [0.15, 0.2) is 17.3 Å². The molecule has 0 amide bonds. The van der Waals surface area contributed by atoms with Crippen molar-refractivity contribution >= 4 is 11.8 Å². The fourth-order valence-corrected chi connectivity index (χ4v) is 4.51. The molecule has 0 spiro atoms. The molecule has 4 nitrogen and oxygen atoms in total. The van der Waals surface area contributed by atoms with Gasteiger partial charge in [0, 0.05) is 11.5 Å². The summed E-state index contributed by atoms with van der Waals surface area (Å²) in [5.74, 6) is -3.64. The molecular weight excluding hydrogens is 474 g/mol. The number of halogens is 2. The third-order valence-electron chi connectivity index (χ3n) is 6.80. The van der Waals surface area contributed by atoms with Crippen LogP contribution >= 0.6 is 0 Å². The van der Waals surface area contributed by atoms with E-state index in [9.17, 15) is 14.7 Å². The molecule has 37 heavy (non-hydrogen) atoms. The predicted octanol–water partition coefficient (Wildman–Crippen LogP) is 9.25. The average Bonchev–Trinajstić information content (AvgIpc) is 2.88. The van der Waals surface area contributed by atoms with Crippen LogP contribution in [0.2, 0.25) is 0 Å². The second kappa shape index (κ2) is 16.2. The van der Waals surface area contributed by atoms with Gasteiger partial charge < -0.3 is 9.84 Å². The summed E-state index contributed by atoms with van der Waals surface area (Å²) >= 11 is 0. The van der Waals surface area contributed by atoms with Gasteiger partial charge in [-0.15, -0.1) is 0 Å². The van der Waals surface area contributed by atoms with Gasteiger partial charge in [0.25, 0.3) is 0 Å². The first-order chi connectivity index (χ1) is 17.8. The summed E-state index contributed by atoms with van der Waals surface area (Å²) in [4.78, 5) is 24.6. The summed E-state index contributed by atoms with van der Waals surface area (Å²) in [7, 11) is 0. The summed E-state index contributed by atoms with van der Waals surface area (Å²) in [6.45, 7) is 6.40. The molecule has 2 aromatic rings. The number of rotatable bonds is 18. The molecule has 0 aliphatic heterocycles. The second-order valence-corrected chi connectivity index (χ2v) is 9.88. The lowest BCUT2D eigenvalue weighted by Crippen LogP contribution is -2.13. The van der Waals surface area contributed by atoms with Crippen molar-refractivity contribution < 1.29 is 28.2 Å². The maximum Gasteiger partial charge on any atom is 0.336 e. The molecule has 0 fully saturated rings. The summed E-state index contributed by atoms with van der Waals surface area (Å²) < 4.78 is 36.1. The quantitative estimate of drug-likeness (QED) is 0.158. The van der Waals surface area contributed by atoms with Crippen LogP contribution in [0.3, 0.4) is 0 Å². The Hall–Kier alpha value is -2.76. The first-order valence-corrected chi connectivity index (χ1v) is 13.8. The molecule has 0 heterocycles. The van der Waals surface area contributed by atoms with E-state index in [0.717, 1.165) is 63.9 Å². The van der Waals surface area contributed by atoms with E-state index < -0.39 is 17.6 Å². The third-order valence-corrected chi connectivity index (χ3v) is 6.80. The van der Waals surface area contributed by atoms with Gasteiger partial charge in [0.1, 0.15) is 5.82 Å². The molecule has 0 saturated heterocycles. The van der Waals surface area contributed by atoms with E-state index in [1.54, 1.807) is 6.92 Å². The lowest BCUT2D eigenvalue weighted by atomic mass is 9.91. The zero-order valence-corrected chi connectivity index (χ0v) is 22.6. The van der Waals surface area contributed by atoms with Crippen LogP contribution in [0.25, 0.3) is 11.1 Å². The molecule has 2 rings (SSSR count). The number of hydrogen-bond donors (Lipinski definition) is 1. The van der Waals surface area contributed by atoms with Crippen LogP contribution in [0.1, 0.15) is 119 Å². The number of aromatic carboxylic acids is 1. The Kier molecular flexibility index (Phi) is 13.3. The lowest BCUT2D eigenvalue weighted by molar-refractivity contribution is 0.0696.